The molecule has 0 radical (unpaired) electrons. The predicted molar refractivity (Wildman–Crippen MR) is 134 cm³/mol. The third-order valence-corrected chi connectivity index (χ3v) is 5.34. The van der Waals surface area contributed by atoms with Gasteiger partial charge < -0.3 is 9.47 Å². The second-order valence-electron chi connectivity index (χ2n) is 7.86. The van der Waals surface area contributed by atoms with Crippen LogP contribution in [0.25, 0.3) is 0 Å². The highest BCUT2D eigenvalue weighted by atomic mass is 35.5. The third kappa shape index (κ3) is 7.07. The number of benzene rings is 3. The first-order valence-corrected chi connectivity index (χ1v) is 11.3. The van der Waals surface area contributed by atoms with Crippen molar-refractivity contribution in [2.24, 2.45) is 5.10 Å². The average molecular weight is 499 g/mol. The summed E-state index contributed by atoms with van der Waals surface area (Å²) in [5.41, 5.74) is 5.46. The molecule has 176 valence electrons. The standard InChI is InChI=1S/C26H24Cl2N2O4/c1-16(2)21-10-4-17(3)12-24(21)33-15-25(31)30-29-14-18-5-8-20(9-6-18)34-26(32)22-11-7-19(27)13-23(22)28/h4-14,16H,15H2,1-3H3,(H,30,31). The van der Waals surface area contributed by atoms with Crippen molar-refractivity contribution in [2.75, 3.05) is 6.61 Å². The number of carbonyl (C=O) groups is 2. The van der Waals surface area contributed by atoms with E-state index < -0.39 is 5.97 Å². The monoisotopic (exact) mass is 498 g/mol. The van der Waals surface area contributed by atoms with E-state index in [1.165, 1.54) is 18.3 Å². The fraction of sp³-hybridized carbons (Fsp3) is 0.192. The highest BCUT2D eigenvalue weighted by molar-refractivity contribution is 6.36. The number of hydrogen-bond donors (Lipinski definition) is 1. The highest BCUT2D eigenvalue weighted by Crippen LogP contribution is 2.27. The molecule has 0 heterocycles. The molecule has 1 amide bonds. The van der Waals surface area contributed by atoms with Crippen LogP contribution in [0, 0.1) is 6.92 Å². The topological polar surface area (TPSA) is 77.0 Å². The Hall–Kier alpha value is -3.35. The van der Waals surface area contributed by atoms with Crippen LogP contribution in [0.5, 0.6) is 11.5 Å². The van der Waals surface area contributed by atoms with E-state index >= 15 is 0 Å². The molecule has 1 N–H and O–H groups in total. The fourth-order valence-corrected chi connectivity index (χ4v) is 3.52. The lowest BCUT2D eigenvalue weighted by molar-refractivity contribution is -0.123. The van der Waals surface area contributed by atoms with Crippen molar-refractivity contribution in [3.05, 3.63) is 93.0 Å². The summed E-state index contributed by atoms with van der Waals surface area (Å²) in [5.74, 6) is 0.341. The van der Waals surface area contributed by atoms with Crippen LogP contribution in [0.15, 0.2) is 65.8 Å². The first-order valence-electron chi connectivity index (χ1n) is 10.6. The lowest BCUT2D eigenvalue weighted by atomic mass is 10.0. The summed E-state index contributed by atoms with van der Waals surface area (Å²) < 4.78 is 11.0. The smallest absolute Gasteiger partial charge is 0.345 e. The van der Waals surface area contributed by atoms with E-state index in [4.69, 9.17) is 32.7 Å². The molecule has 0 atom stereocenters. The molecule has 0 saturated carbocycles. The normalized spacial score (nSPS) is 11.0. The number of amides is 1. The van der Waals surface area contributed by atoms with Crippen LogP contribution in [-0.2, 0) is 4.79 Å². The molecule has 0 aromatic heterocycles. The summed E-state index contributed by atoms with van der Waals surface area (Å²) in [7, 11) is 0. The van der Waals surface area contributed by atoms with Crippen LogP contribution in [0.3, 0.4) is 0 Å². The molecule has 0 aliphatic carbocycles. The Balaban J connectivity index is 1.51. The summed E-state index contributed by atoms with van der Waals surface area (Å²) in [6.45, 7) is 5.96. The van der Waals surface area contributed by atoms with Crippen LogP contribution in [0.4, 0.5) is 0 Å². The Morgan fingerprint density at radius 2 is 1.76 bits per heavy atom. The Bertz CT molecular complexity index is 1210. The molecule has 0 spiro atoms. The van der Waals surface area contributed by atoms with Gasteiger partial charge >= 0.3 is 5.97 Å². The molecule has 0 saturated heterocycles. The molecule has 3 aromatic rings. The zero-order chi connectivity index (χ0) is 24.7. The number of rotatable bonds is 8. The van der Waals surface area contributed by atoms with Crippen LogP contribution in [0.2, 0.25) is 10.0 Å². The highest BCUT2D eigenvalue weighted by Gasteiger charge is 2.13. The molecule has 8 heteroatoms. The van der Waals surface area contributed by atoms with E-state index in [1.807, 2.05) is 25.1 Å². The molecule has 0 bridgehead atoms. The zero-order valence-corrected chi connectivity index (χ0v) is 20.5. The molecule has 6 nitrogen and oxygen atoms in total. The minimum absolute atomic E-state index is 0.150. The Morgan fingerprint density at radius 3 is 2.44 bits per heavy atom. The van der Waals surface area contributed by atoms with Crippen LogP contribution >= 0.6 is 23.2 Å². The zero-order valence-electron chi connectivity index (χ0n) is 19.0. The number of hydrazone groups is 1. The van der Waals surface area contributed by atoms with Crippen LogP contribution < -0.4 is 14.9 Å². The van der Waals surface area contributed by atoms with E-state index in [0.717, 1.165) is 11.1 Å². The SMILES string of the molecule is Cc1ccc(C(C)C)c(OCC(=O)NN=Cc2ccc(OC(=O)c3ccc(Cl)cc3Cl)cc2)c1. The number of esters is 1. The minimum atomic E-state index is -0.593. The maximum atomic E-state index is 12.3. The van der Waals surface area contributed by atoms with Gasteiger partial charge in [0.1, 0.15) is 11.5 Å². The van der Waals surface area contributed by atoms with Crippen molar-refractivity contribution in [3.8, 4) is 11.5 Å². The summed E-state index contributed by atoms with van der Waals surface area (Å²) in [5, 5.41) is 4.59. The van der Waals surface area contributed by atoms with Gasteiger partial charge in [-0.2, -0.15) is 5.10 Å². The van der Waals surface area contributed by atoms with Gasteiger partial charge in [0.2, 0.25) is 0 Å². The van der Waals surface area contributed by atoms with E-state index in [2.05, 4.69) is 24.4 Å². The second kappa shape index (κ2) is 11.7. The molecular formula is C26H24Cl2N2O4. The number of nitrogens with one attached hydrogen (secondary N) is 1. The van der Waals surface area contributed by atoms with Gasteiger partial charge in [0.25, 0.3) is 5.91 Å². The molecule has 34 heavy (non-hydrogen) atoms. The van der Waals surface area contributed by atoms with E-state index in [-0.39, 0.29) is 29.0 Å². The number of halogens is 2. The Labute approximate surface area is 208 Å². The van der Waals surface area contributed by atoms with Gasteiger partial charge in [0.15, 0.2) is 6.61 Å². The number of aryl methyl sites for hydroxylation is 1. The van der Waals surface area contributed by atoms with Gasteiger partial charge in [0, 0.05) is 5.02 Å². The van der Waals surface area contributed by atoms with Crippen molar-refractivity contribution < 1.29 is 19.1 Å². The van der Waals surface area contributed by atoms with Crippen molar-refractivity contribution in [2.45, 2.75) is 26.7 Å². The van der Waals surface area contributed by atoms with Gasteiger partial charge in [-0.1, -0.05) is 49.2 Å². The predicted octanol–water partition coefficient (Wildman–Crippen LogP) is 6.17. The molecule has 3 aromatic carbocycles. The summed E-state index contributed by atoms with van der Waals surface area (Å²) >= 11 is 11.9. The average Bonchev–Trinajstić information content (AvgIpc) is 2.78. The van der Waals surface area contributed by atoms with Gasteiger partial charge in [-0.3, -0.25) is 4.79 Å². The number of ether oxygens (including phenoxy) is 2. The second-order valence-corrected chi connectivity index (χ2v) is 8.70. The quantitative estimate of drug-likeness (QED) is 0.174. The molecule has 0 fully saturated rings. The van der Waals surface area contributed by atoms with Crippen LogP contribution in [-0.4, -0.2) is 24.7 Å². The maximum Gasteiger partial charge on any atom is 0.345 e. The molecule has 0 aliphatic heterocycles. The van der Waals surface area contributed by atoms with Gasteiger partial charge in [-0.05, 0) is 78.1 Å². The lowest BCUT2D eigenvalue weighted by Crippen LogP contribution is -2.25. The summed E-state index contributed by atoms with van der Waals surface area (Å²) in [6.07, 6.45) is 1.48. The van der Waals surface area contributed by atoms with Crippen molar-refractivity contribution >= 4 is 41.3 Å². The number of carbonyl (C=O) groups excluding carboxylic acids is 2. The summed E-state index contributed by atoms with van der Waals surface area (Å²) in [4.78, 5) is 24.4. The Kier molecular flexibility index (Phi) is 8.68. The largest absolute Gasteiger partial charge is 0.483 e. The molecule has 3 rings (SSSR count). The first kappa shape index (κ1) is 25.3. The minimum Gasteiger partial charge on any atom is -0.483 e. The third-order valence-electron chi connectivity index (χ3n) is 4.79. The van der Waals surface area contributed by atoms with Gasteiger partial charge in [0.05, 0.1) is 16.8 Å². The fourth-order valence-electron chi connectivity index (χ4n) is 3.04. The van der Waals surface area contributed by atoms with E-state index in [1.54, 1.807) is 30.3 Å². The van der Waals surface area contributed by atoms with Crippen molar-refractivity contribution in [3.63, 3.8) is 0 Å². The summed E-state index contributed by atoms with van der Waals surface area (Å²) in [6, 6.07) is 17.1. The van der Waals surface area contributed by atoms with Gasteiger partial charge in [-0.15, -0.1) is 0 Å². The van der Waals surface area contributed by atoms with E-state index in [0.29, 0.717) is 22.1 Å². The lowest BCUT2D eigenvalue weighted by Gasteiger charge is -2.14. The van der Waals surface area contributed by atoms with Crippen molar-refractivity contribution in [1.29, 1.82) is 0 Å². The Morgan fingerprint density at radius 1 is 1.03 bits per heavy atom. The number of hydrogen-bond acceptors (Lipinski definition) is 5. The van der Waals surface area contributed by atoms with Crippen molar-refractivity contribution in [1.82, 2.24) is 5.43 Å². The van der Waals surface area contributed by atoms with E-state index in [9.17, 15) is 9.59 Å². The van der Waals surface area contributed by atoms with Gasteiger partial charge in [-0.25, -0.2) is 10.2 Å². The maximum absolute atomic E-state index is 12.3. The van der Waals surface area contributed by atoms with Crippen LogP contribution in [0.1, 0.15) is 46.8 Å². The first-order chi connectivity index (χ1) is 16.2. The molecular weight excluding hydrogens is 475 g/mol. The molecule has 0 aliphatic rings. The molecule has 0 unspecified atom stereocenters. The number of nitrogens with zero attached hydrogens (tertiary/aromatic N) is 1.